The van der Waals surface area contributed by atoms with Crippen molar-refractivity contribution in [1.29, 1.82) is 0 Å². The minimum Gasteiger partial charge on any atom is -0.381 e. The highest BCUT2D eigenvalue weighted by Crippen LogP contribution is 2.20. The predicted octanol–water partition coefficient (Wildman–Crippen LogP) is 0.808. The molecule has 0 aromatic rings. The molecule has 0 radical (unpaired) electrons. The topological polar surface area (TPSA) is 49.8 Å². The molecule has 1 aliphatic heterocycles. The van der Waals surface area contributed by atoms with Crippen LogP contribution in [0.15, 0.2) is 12.7 Å². The number of aliphatic hydroxyl groups is 1. The van der Waals surface area contributed by atoms with Gasteiger partial charge in [-0.2, -0.15) is 0 Å². The highest BCUT2D eigenvalue weighted by Gasteiger charge is 2.35. The molecule has 0 saturated carbocycles. The lowest BCUT2D eigenvalue weighted by Crippen LogP contribution is -2.44. The number of nitrogens with zero attached hydrogens (tertiary/aromatic N) is 1. The fraction of sp³-hybridized carbons (Fsp3) is 0.750. The van der Waals surface area contributed by atoms with Gasteiger partial charge in [0.2, 0.25) is 0 Å². The number of carbonyl (C=O) groups is 1. The molecule has 4 nitrogen and oxygen atoms in total. The third-order valence-corrected chi connectivity index (χ3v) is 2.96. The van der Waals surface area contributed by atoms with Gasteiger partial charge in [0.05, 0.1) is 6.61 Å². The first-order valence-electron chi connectivity index (χ1n) is 5.74. The molecule has 0 aromatic heterocycles. The van der Waals surface area contributed by atoms with E-state index in [1.54, 1.807) is 4.90 Å². The van der Waals surface area contributed by atoms with E-state index in [-0.39, 0.29) is 5.91 Å². The van der Waals surface area contributed by atoms with Gasteiger partial charge in [0.15, 0.2) is 5.60 Å². The van der Waals surface area contributed by atoms with Crippen LogP contribution in [0.4, 0.5) is 0 Å². The van der Waals surface area contributed by atoms with Gasteiger partial charge in [-0.1, -0.05) is 12.7 Å². The summed E-state index contributed by atoms with van der Waals surface area (Å²) in [4.78, 5) is 13.6. The summed E-state index contributed by atoms with van der Waals surface area (Å²) in [7, 11) is 0. The minimum atomic E-state index is -1.44. The van der Waals surface area contributed by atoms with Gasteiger partial charge in [0.1, 0.15) is 0 Å². The zero-order valence-corrected chi connectivity index (χ0v) is 10.1. The summed E-state index contributed by atoms with van der Waals surface area (Å²) in [5, 5.41) is 9.77. The number of amides is 1. The molecule has 0 unspecified atom stereocenters. The fourth-order valence-corrected chi connectivity index (χ4v) is 1.85. The Hall–Kier alpha value is -0.870. The molecular weight excluding hydrogens is 206 g/mol. The maximum absolute atomic E-state index is 11.9. The number of likely N-dealkylation sites (tertiary alicyclic amines) is 1. The van der Waals surface area contributed by atoms with E-state index in [1.807, 2.05) is 6.92 Å². The van der Waals surface area contributed by atoms with Gasteiger partial charge in [0.25, 0.3) is 5.91 Å². The molecule has 92 valence electrons. The van der Waals surface area contributed by atoms with Crippen molar-refractivity contribution in [2.24, 2.45) is 5.92 Å². The first kappa shape index (κ1) is 13.2. The Bertz CT molecular complexity index is 263. The third-order valence-electron chi connectivity index (χ3n) is 2.96. The summed E-state index contributed by atoms with van der Waals surface area (Å²) < 4.78 is 5.34. The van der Waals surface area contributed by atoms with Crippen molar-refractivity contribution in [3.63, 3.8) is 0 Å². The minimum absolute atomic E-state index is 0.263. The van der Waals surface area contributed by atoms with E-state index < -0.39 is 5.60 Å². The zero-order valence-electron chi connectivity index (χ0n) is 10.1. The Kier molecular flexibility index (Phi) is 4.50. The number of carbonyl (C=O) groups excluding carboxylic acids is 1. The van der Waals surface area contributed by atoms with Gasteiger partial charge in [-0.05, 0) is 20.3 Å². The molecule has 0 aliphatic carbocycles. The Labute approximate surface area is 96.9 Å². The summed E-state index contributed by atoms with van der Waals surface area (Å²) in [6.45, 7) is 9.66. The van der Waals surface area contributed by atoms with Crippen LogP contribution in [0.5, 0.6) is 0 Å². The first-order chi connectivity index (χ1) is 7.51. The molecule has 0 aromatic carbocycles. The van der Waals surface area contributed by atoms with Crippen LogP contribution in [0.3, 0.4) is 0 Å². The lowest BCUT2D eigenvalue weighted by molar-refractivity contribution is -0.144. The second kappa shape index (κ2) is 5.46. The van der Waals surface area contributed by atoms with Crippen LogP contribution >= 0.6 is 0 Å². The first-order valence-corrected chi connectivity index (χ1v) is 5.74. The summed E-state index contributed by atoms with van der Waals surface area (Å²) >= 11 is 0. The van der Waals surface area contributed by atoms with Gasteiger partial charge < -0.3 is 14.7 Å². The van der Waals surface area contributed by atoms with Crippen molar-refractivity contribution in [1.82, 2.24) is 4.90 Å². The Balaban J connectivity index is 2.47. The smallest absolute Gasteiger partial charge is 0.258 e. The van der Waals surface area contributed by atoms with E-state index in [4.69, 9.17) is 4.74 Å². The summed E-state index contributed by atoms with van der Waals surface area (Å²) in [6, 6.07) is 0. The maximum atomic E-state index is 11.9. The molecule has 1 rings (SSSR count). The second-order valence-electron chi connectivity index (χ2n) is 4.42. The van der Waals surface area contributed by atoms with Crippen LogP contribution in [-0.2, 0) is 9.53 Å². The normalized spacial score (nSPS) is 24.2. The predicted molar refractivity (Wildman–Crippen MR) is 62.0 cm³/mol. The summed E-state index contributed by atoms with van der Waals surface area (Å²) in [5.74, 6) is 0.131. The van der Waals surface area contributed by atoms with Gasteiger partial charge in [-0.15, -0.1) is 0 Å². The van der Waals surface area contributed by atoms with E-state index >= 15 is 0 Å². The Morgan fingerprint density at radius 2 is 2.44 bits per heavy atom. The van der Waals surface area contributed by atoms with Gasteiger partial charge in [-0.25, -0.2) is 0 Å². The fourth-order valence-electron chi connectivity index (χ4n) is 1.85. The average Bonchev–Trinajstić information content (AvgIpc) is 2.73. The third kappa shape index (κ3) is 3.06. The van der Waals surface area contributed by atoms with E-state index in [0.717, 1.165) is 6.42 Å². The van der Waals surface area contributed by atoms with Crippen LogP contribution in [0.2, 0.25) is 0 Å². The molecule has 1 amide bonds. The van der Waals surface area contributed by atoms with Crippen molar-refractivity contribution in [3.05, 3.63) is 12.7 Å². The molecule has 1 heterocycles. The van der Waals surface area contributed by atoms with Gasteiger partial charge >= 0.3 is 0 Å². The number of hydrogen-bond acceptors (Lipinski definition) is 3. The number of hydrogen-bond donors (Lipinski definition) is 1. The molecule has 4 heteroatoms. The molecule has 16 heavy (non-hydrogen) atoms. The van der Waals surface area contributed by atoms with Crippen molar-refractivity contribution in [3.8, 4) is 0 Å². The molecule has 1 N–H and O–H groups in total. The van der Waals surface area contributed by atoms with Crippen molar-refractivity contribution >= 4 is 5.91 Å². The molecule has 0 spiro atoms. The Morgan fingerprint density at radius 3 is 3.00 bits per heavy atom. The SMILES string of the molecule is C=C[C@@](C)(O)C(=O)N1CC[C@@H](COCC)C1. The zero-order chi connectivity index (χ0) is 12.2. The quantitative estimate of drug-likeness (QED) is 0.707. The van der Waals surface area contributed by atoms with E-state index in [0.29, 0.717) is 32.2 Å². The van der Waals surface area contributed by atoms with E-state index in [1.165, 1.54) is 13.0 Å². The van der Waals surface area contributed by atoms with Gasteiger partial charge in [-0.3, -0.25) is 4.79 Å². The van der Waals surface area contributed by atoms with Crippen molar-refractivity contribution in [2.45, 2.75) is 25.9 Å². The lowest BCUT2D eigenvalue weighted by Gasteiger charge is -2.25. The highest BCUT2D eigenvalue weighted by atomic mass is 16.5. The van der Waals surface area contributed by atoms with Crippen LogP contribution < -0.4 is 0 Å². The summed E-state index contributed by atoms with van der Waals surface area (Å²) in [5.41, 5.74) is -1.44. The van der Waals surface area contributed by atoms with Crippen LogP contribution in [0.25, 0.3) is 0 Å². The average molecular weight is 227 g/mol. The number of ether oxygens (including phenoxy) is 1. The lowest BCUT2D eigenvalue weighted by atomic mass is 10.1. The van der Waals surface area contributed by atoms with Crippen molar-refractivity contribution < 1.29 is 14.6 Å². The largest absolute Gasteiger partial charge is 0.381 e. The van der Waals surface area contributed by atoms with Crippen LogP contribution in [0.1, 0.15) is 20.3 Å². The van der Waals surface area contributed by atoms with E-state index in [2.05, 4.69) is 6.58 Å². The molecule has 1 aliphatic rings. The highest BCUT2D eigenvalue weighted by molar-refractivity contribution is 5.86. The monoisotopic (exact) mass is 227 g/mol. The van der Waals surface area contributed by atoms with Crippen LogP contribution in [-0.4, -0.2) is 47.8 Å². The molecule has 0 bridgehead atoms. The van der Waals surface area contributed by atoms with Crippen molar-refractivity contribution in [2.75, 3.05) is 26.3 Å². The van der Waals surface area contributed by atoms with Crippen LogP contribution in [0, 0.1) is 5.92 Å². The standard InChI is InChI=1S/C12H21NO3/c1-4-12(3,15)11(14)13-7-6-10(8-13)9-16-5-2/h4,10,15H,1,5-9H2,2-3H3/t10-,12-/m1/s1. The van der Waals surface area contributed by atoms with Gasteiger partial charge in [0, 0.05) is 25.6 Å². The summed E-state index contributed by atoms with van der Waals surface area (Å²) in [6.07, 6.45) is 2.23. The molecule has 1 saturated heterocycles. The second-order valence-corrected chi connectivity index (χ2v) is 4.42. The molecular formula is C12H21NO3. The number of rotatable bonds is 5. The Morgan fingerprint density at radius 1 is 1.75 bits per heavy atom. The molecule has 2 atom stereocenters. The molecule has 1 fully saturated rings. The van der Waals surface area contributed by atoms with E-state index in [9.17, 15) is 9.90 Å². The maximum Gasteiger partial charge on any atom is 0.258 e.